The van der Waals surface area contributed by atoms with E-state index in [-0.39, 0.29) is 11.6 Å². The Morgan fingerprint density at radius 2 is 1.93 bits per heavy atom. The minimum absolute atomic E-state index is 0.215. The number of urea groups is 1. The minimum atomic E-state index is -0.448. The summed E-state index contributed by atoms with van der Waals surface area (Å²) in [4.78, 5) is 17.8. The fourth-order valence-electron chi connectivity index (χ4n) is 7.69. The fourth-order valence-corrected chi connectivity index (χ4v) is 7.88. The summed E-state index contributed by atoms with van der Waals surface area (Å²) in [5.41, 5.74) is 0.523. The van der Waals surface area contributed by atoms with Crippen LogP contribution in [0.4, 0.5) is 4.79 Å². The van der Waals surface area contributed by atoms with Gasteiger partial charge >= 0.3 is 6.03 Å². The van der Waals surface area contributed by atoms with Gasteiger partial charge in [0.1, 0.15) is 0 Å². The Morgan fingerprint density at radius 3 is 2.63 bits per heavy atom. The van der Waals surface area contributed by atoms with Gasteiger partial charge in [-0.05, 0) is 80.4 Å². The van der Waals surface area contributed by atoms with Gasteiger partial charge in [-0.25, -0.2) is 4.79 Å². The molecule has 2 heterocycles. The summed E-state index contributed by atoms with van der Waals surface area (Å²) >= 11 is 6.30. The normalized spacial score (nSPS) is 45.0. The number of carbonyl (C=O) groups excluding carboxylic acids is 1. The van der Waals surface area contributed by atoms with E-state index < -0.39 is 5.60 Å². The molecule has 4 aliphatic carbocycles. The lowest BCUT2D eigenvalue weighted by Gasteiger charge is -2.59. The third-order valence-corrected chi connectivity index (χ3v) is 8.55. The summed E-state index contributed by atoms with van der Waals surface area (Å²) < 4.78 is 0. The molecule has 27 heavy (non-hydrogen) atoms. The number of nitrogens with zero attached hydrogens (tertiary/aromatic N) is 2. The summed E-state index contributed by atoms with van der Waals surface area (Å²) in [7, 11) is 0. The first-order valence-corrected chi connectivity index (χ1v) is 10.9. The molecule has 7 rings (SSSR count). The van der Waals surface area contributed by atoms with Crippen LogP contribution in [0.5, 0.6) is 0 Å². The zero-order valence-electron chi connectivity index (χ0n) is 15.6. The van der Waals surface area contributed by atoms with Gasteiger partial charge in [-0.2, -0.15) is 0 Å². The molecule has 1 aromatic rings. The largest absolute Gasteiger partial charge is 0.390 e. The SMILES string of the molecule is O=C1N(C2C3CC4CC2CC(O)(C4)C3)CC2(c3cccc(Cl)c3)CCCN12. The molecule has 6 aliphatic rings. The van der Waals surface area contributed by atoms with E-state index >= 15 is 0 Å². The lowest BCUT2D eigenvalue weighted by Crippen LogP contribution is -2.62. The van der Waals surface area contributed by atoms with Crippen molar-refractivity contribution >= 4 is 17.6 Å². The topological polar surface area (TPSA) is 43.8 Å². The standard InChI is InChI=1S/C22H27ClN2O2/c23-18-4-1-3-17(9-18)22-5-2-6-25(22)20(26)24(13-22)19-15-7-14-8-16(19)12-21(27,10-14)11-15/h1,3-4,9,14-16,19,27H,2,5-8,10-13H2. The highest BCUT2D eigenvalue weighted by Gasteiger charge is 2.61. The van der Waals surface area contributed by atoms with E-state index in [4.69, 9.17) is 11.6 Å². The molecule has 2 saturated heterocycles. The van der Waals surface area contributed by atoms with E-state index in [2.05, 4.69) is 21.9 Å². The molecule has 6 fully saturated rings. The average Bonchev–Trinajstić information content (AvgIpc) is 3.13. The van der Waals surface area contributed by atoms with Gasteiger partial charge in [-0.3, -0.25) is 0 Å². The van der Waals surface area contributed by atoms with Gasteiger partial charge in [0.2, 0.25) is 0 Å². The van der Waals surface area contributed by atoms with Crippen LogP contribution in [0.3, 0.4) is 0 Å². The maximum absolute atomic E-state index is 13.5. The van der Waals surface area contributed by atoms with Gasteiger partial charge in [-0.1, -0.05) is 23.7 Å². The molecule has 5 heteroatoms. The number of halogens is 1. The Balaban J connectivity index is 1.36. The summed E-state index contributed by atoms with van der Waals surface area (Å²) in [5.74, 6) is 1.62. The molecule has 0 aromatic heterocycles. The van der Waals surface area contributed by atoms with Gasteiger partial charge in [-0.15, -0.1) is 0 Å². The Kier molecular flexibility index (Phi) is 3.34. The van der Waals surface area contributed by atoms with E-state index in [1.54, 1.807) is 0 Å². The van der Waals surface area contributed by atoms with Crippen LogP contribution in [0.15, 0.2) is 24.3 Å². The molecule has 0 radical (unpaired) electrons. The third-order valence-electron chi connectivity index (χ3n) is 8.31. The first kappa shape index (κ1) is 16.7. The molecule has 1 N–H and O–H groups in total. The molecule has 1 aromatic carbocycles. The number of benzene rings is 1. The van der Waals surface area contributed by atoms with Crippen LogP contribution in [-0.2, 0) is 5.54 Å². The second-order valence-corrected chi connectivity index (χ2v) is 10.3. The highest BCUT2D eigenvalue weighted by atomic mass is 35.5. The van der Waals surface area contributed by atoms with E-state index in [0.29, 0.717) is 23.8 Å². The first-order chi connectivity index (χ1) is 13.0. The van der Waals surface area contributed by atoms with E-state index in [9.17, 15) is 9.90 Å². The van der Waals surface area contributed by atoms with Gasteiger partial charge in [0.25, 0.3) is 0 Å². The van der Waals surface area contributed by atoms with Gasteiger partial charge in [0, 0.05) is 17.6 Å². The highest BCUT2D eigenvalue weighted by molar-refractivity contribution is 6.30. The third kappa shape index (κ3) is 2.23. The molecule has 2 amide bonds. The maximum atomic E-state index is 13.5. The number of amides is 2. The van der Waals surface area contributed by atoms with Crippen LogP contribution in [0.2, 0.25) is 5.02 Å². The second kappa shape index (κ2) is 5.42. The molecule has 4 bridgehead atoms. The number of carbonyl (C=O) groups is 1. The number of hydrogen-bond acceptors (Lipinski definition) is 2. The van der Waals surface area contributed by atoms with Crippen molar-refractivity contribution in [2.24, 2.45) is 17.8 Å². The van der Waals surface area contributed by atoms with Crippen LogP contribution in [0, 0.1) is 17.8 Å². The van der Waals surface area contributed by atoms with Crippen molar-refractivity contribution < 1.29 is 9.90 Å². The highest BCUT2D eigenvalue weighted by Crippen LogP contribution is 2.58. The molecule has 2 aliphatic heterocycles. The summed E-state index contributed by atoms with van der Waals surface area (Å²) in [5, 5.41) is 11.7. The lowest BCUT2D eigenvalue weighted by atomic mass is 9.52. The summed E-state index contributed by atoms with van der Waals surface area (Å²) in [6.45, 7) is 1.63. The van der Waals surface area contributed by atoms with Crippen molar-refractivity contribution in [3.8, 4) is 0 Å². The van der Waals surface area contributed by atoms with Crippen molar-refractivity contribution in [1.82, 2.24) is 9.80 Å². The van der Waals surface area contributed by atoms with Crippen LogP contribution < -0.4 is 0 Å². The van der Waals surface area contributed by atoms with Crippen LogP contribution in [0.25, 0.3) is 0 Å². The maximum Gasteiger partial charge on any atom is 0.321 e. The quantitative estimate of drug-likeness (QED) is 0.834. The van der Waals surface area contributed by atoms with Gasteiger partial charge in [0.15, 0.2) is 0 Å². The van der Waals surface area contributed by atoms with Crippen LogP contribution >= 0.6 is 11.6 Å². The van der Waals surface area contributed by atoms with Crippen LogP contribution in [0.1, 0.15) is 50.5 Å². The molecule has 3 unspecified atom stereocenters. The number of hydrogen-bond donors (Lipinski definition) is 1. The Morgan fingerprint density at radius 1 is 1.15 bits per heavy atom. The van der Waals surface area contributed by atoms with Crippen molar-refractivity contribution in [1.29, 1.82) is 0 Å². The predicted octanol–water partition coefficient (Wildman–Crippen LogP) is 4.01. The molecule has 0 spiro atoms. The Bertz CT molecular complexity index is 797. The molecule has 4 nitrogen and oxygen atoms in total. The number of rotatable bonds is 2. The first-order valence-electron chi connectivity index (χ1n) is 10.5. The second-order valence-electron chi connectivity index (χ2n) is 9.89. The predicted molar refractivity (Wildman–Crippen MR) is 103 cm³/mol. The number of aliphatic hydroxyl groups is 1. The molecule has 3 atom stereocenters. The van der Waals surface area contributed by atoms with Gasteiger partial charge in [0.05, 0.1) is 17.7 Å². The average molecular weight is 387 g/mol. The summed E-state index contributed by atoms with van der Waals surface area (Å²) in [6, 6.07) is 8.65. The summed E-state index contributed by atoms with van der Waals surface area (Å²) in [6.07, 6.45) is 7.22. The van der Waals surface area contributed by atoms with E-state index in [1.165, 1.54) is 18.4 Å². The zero-order valence-corrected chi connectivity index (χ0v) is 16.4. The van der Waals surface area contributed by atoms with Crippen molar-refractivity contribution in [3.63, 3.8) is 0 Å². The zero-order chi connectivity index (χ0) is 18.4. The van der Waals surface area contributed by atoms with Crippen molar-refractivity contribution in [2.75, 3.05) is 13.1 Å². The van der Waals surface area contributed by atoms with E-state index in [0.717, 1.165) is 50.2 Å². The van der Waals surface area contributed by atoms with Crippen LogP contribution in [-0.4, -0.2) is 45.7 Å². The molecular weight excluding hydrogens is 360 g/mol. The van der Waals surface area contributed by atoms with E-state index in [1.807, 2.05) is 12.1 Å². The number of fused-ring (bicyclic) bond motifs is 1. The smallest absolute Gasteiger partial charge is 0.321 e. The molecule has 144 valence electrons. The monoisotopic (exact) mass is 386 g/mol. The molecule has 4 saturated carbocycles. The minimum Gasteiger partial charge on any atom is -0.390 e. The van der Waals surface area contributed by atoms with Crippen molar-refractivity contribution in [3.05, 3.63) is 34.9 Å². The Labute approximate surface area is 165 Å². The lowest BCUT2D eigenvalue weighted by molar-refractivity contribution is -0.152. The fraction of sp³-hybridized carbons (Fsp3) is 0.682. The Hall–Kier alpha value is -1.26. The molecular formula is C22H27ClN2O2. The van der Waals surface area contributed by atoms with Gasteiger partial charge < -0.3 is 14.9 Å². The van der Waals surface area contributed by atoms with Crippen molar-refractivity contribution in [2.45, 2.75) is 62.1 Å².